The normalized spacial score (nSPS) is 22.6. The summed E-state index contributed by atoms with van der Waals surface area (Å²) in [6, 6.07) is 6.61. The first-order valence-corrected chi connectivity index (χ1v) is 10.9. The predicted octanol–water partition coefficient (Wildman–Crippen LogP) is 5.37. The minimum Gasteiger partial charge on any atom is -0.481 e. The Kier molecular flexibility index (Phi) is 7.08. The van der Waals surface area contributed by atoms with Gasteiger partial charge in [-0.15, -0.1) is 11.3 Å². The van der Waals surface area contributed by atoms with Gasteiger partial charge >= 0.3 is 12.6 Å². The molecule has 1 N–H and O–H groups in total. The lowest BCUT2D eigenvalue weighted by atomic mass is 9.71. The van der Waals surface area contributed by atoms with Gasteiger partial charge in [-0.25, -0.2) is 4.98 Å². The van der Waals surface area contributed by atoms with E-state index in [4.69, 9.17) is 0 Å². The summed E-state index contributed by atoms with van der Waals surface area (Å²) in [6.07, 6.45) is 3.07. The number of aromatic nitrogens is 1. The number of carbonyl (C=O) groups is 1. The molecule has 1 aromatic heterocycles. The second-order valence-electron chi connectivity index (χ2n) is 8.67. The van der Waals surface area contributed by atoms with E-state index in [1.54, 1.807) is 24.4 Å². The van der Waals surface area contributed by atoms with Crippen LogP contribution < -0.4 is 4.74 Å². The molecule has 164 valence electrons. The van der Waals surface area contributed by atoms with Crippen molar-refractivity contribution in [1.29, 1.82) is 0 Å². The Labute approximate surface area is 179 Å². The number of para-hydroxylation sites is 1. The topological polar surface area (TPSA) is 62.7 Å². The first-order chi connectivity index (χ1) is 14.2. The molecule has 1 aliphatic heterocycles. The number of rotatable bonds is 8. The molecule has 5 nitrogen and oxygen atoms in total. The SMILES string of the molecule is CC(C)C[C@@]1(C(=O)O)CC(C)CN(Cc2cnc(-c3ccccc3OC(F)F)s2)C1. The lowest BCUT2D eigenvalue weighted by molar-refractivity contribution is -0.155. The zero-order chi connectivity index (χ0) is 21.9. The van der Waals surface area contributed by atoms with Crippen molar-refractivity contribution >= 4 is 17.3 Å². The highest BCUT2D eigenvalue weighted by molar-refractivity contribution is 7.15. The van der Waals surface area contributed by atoms with Gasteiger partial charge in [0.05, 0.1) is 11.0 Å². The van der Waals surface area contributed by atoms with Crippen molar-refractivity contribution in [2.24, 2.45) is 17.3 Å². The minimum absolute atomic E-state index is 0.0989. The molecule has 30 heavy (non-hydrogen) atoms. The van der Waals surface area contributed by atoms with E-state index < -0.39 is 18.0 Å². The van der Waals surface area contributed by atoms with Crippen LogP contribution in [0.5, 0.6) is 5.75 Å². The van der Waals surface area contributed by atoms with Gasteiger partial charge in [-0.3, -0.25) is 9.69 Å². The minimum atomic E-state index is -2.90. The van der Waals surface area contributed by atoms with Gasteiger partial charge in [-0.2, -0.15) is 8.78 Å². The van der Waals surface area contributed by atoms with E-state index in [0.29, 0.717) is 42.4 Å². The van der Waals surface area contributed by atoms with Crippen LogP contribution in [0.2, 0.25) is 0 Å². The van der Waals surface area contributed by atoms with Gasteiger partial charge in [0.15, 0.2) is 0 Å². The maximum atomic E-state index is 12.7. The van der Waals surface area contributed by atoms with Gasteiger partial charge in [0.2, 0.25) is 0 Å². The molecule has 1 unspecified atom stereocenters. The second kappa shape index (κ2) is 9.39. The maximum Gasteiger partial charge on any atom is 0.387 e. The number of thiazole rings is 1. The van der Waals surface area contributed by atoms with Gasteiger partial charge in [-0.05, 0) is 36.8 Å². The quantitative estimate of drug-likeness (QED) is 0.600. The van der Waals surface area contributed by atoms with Crippen LogP contribution >= 0.6 is 11.3 Å². The number of carboxylic acid groups (broad SMARTS) is 1. The smallest absolute Gasteiger partial charge is 0.387 e. The van der Waals surface area contributed by atoms with Crippen LogP contribution in [0.15, 0.2) is 30.5 Å². The van der Waals surface area contributed by atoms with Crippen molar-refractivity contribution in [3.8, 4) is 16.3 Å². The second-order valence-corrected chi connectivity index (χ2v) is 9.78. The molecular formula is C22H28F2N2O3S. The highest BCUT2D eigenvalue weighted by Crippen LogP contribution is 2.40. The Balaban J connectivity index is 1.78. The monoisotopic (exact) mass is 438 g/mol. The summed E-state index contributed by atoms with van der Waals surface area (Å²) in [5, 5.41) is 10.6. The number of ether oxygens (including phenoxy) is 1. The number of piperidine rings is 1. The Morgan fingerprint density at radius 1 is 1.40 bits per heavy atom. The van der Waals surface area contributed by atoms with Crippen molar-refractivity contribution in [2.75, 3.05) is 13.1 Å². The molecule has 0 radical (unpaired) electrons. The molecule has 2 heterocycles. The molecule has 0 bridgehead atoms. The molecule has 2 aromatic rings. The van der Waals surface area contributed by atoms with Crippen LogP contribution in [0.25, 0.3) is 10.6 Å². The summed E-state index contributed by atoms with van der Waals surface area (Å²) >= 11 is 1.42. The fourth-order valence-electron chi connectivity index (χ4n) is 4.59. The third-order valence-electron chi connectivity index (χ3n) is 5.35. The predicted molar refractivity (Wildman–Crippen MR) is 113 cm³/mol. The average molecular weight is 439 g/mol. The van der Waals surface area contributed by atoms with Gasteiger partial charge in [-0.1, -0.05) is 32.9 Å². The molecule has 1 fully saturated rings. The highest BCUT2D eigenvalue weighted by atomic mass is 32.1. The van der Waals surface area contributed by atoms with Crippen LogP contribution in [0.1, 0.15) is 38.5 Å². The summed E-state index contributed by atoms with van der Waals surface area (Å²) < 4.78 is 30.0. The number of aliphatic carboxylic acids is 1. The summed E-state index contributed by atoms with van der Waals surface area (Å²) in [5.74, 6) is -0.0478. The van der Waals surface area contributed by atoms with E-state index >= 15 is 0 Å². The average Bonchev–Trinajstić information content (AvgIpc) is 3.08. The van der Waals surface area contributed by atoms with Crippen LogP contribution in [0, 0.1) is 17.3 Å². The Hall–Kier alpha value is -2.06. The van der Waals surface area contributed by atoms with E-state index in [9.17, 15) is 18.7 Å². The van der Waals surface area contributed by atoms with Gasteiger partial charge in [0.25, 0.3) is 0 Å². The molecule has 1 saturated heterocycles. The molecule has 0 spiro atoms. The summed E-state index contributed by atoms with van der Waals surface area (Å²) in [6.45, 7) is 5.23. The van der Waals surface area contributed by atoms with Gasteiger partial charge < -0.3 is 9.84 Å². The molecule has 0 saturated carbocycles. The number of likely N-dealkylation sites (tertiary alicyclic amines) is 1. The molecule has 0 aliphatic carbocycles. The number of carboxylic acids is 1. The lowest BCUT2D eigenvalue weighted by Gasteiger charge is -2.43. The van der Waals surface area contributed by atoms with Crippen molar-refractivity contribution in [2.45, 2.75) is 46.8 Å². The van der Waals surface area contributed by atoms with Crippen molar-refractivity contribution in [3.05, 3.63) is 35.3 Å². The standard InChI is InChI=1S/C22H28F2N2O3S/c1-14(2)8-22(20(27)28)9-15(3)11-26(13-22)12-16-10-25-19(30-16)17-6-4-5-7-18(17)29-21(23)24/h4-7,10,14-15,21H,8-9,11-13H2,1-3H3,(H,27,28)/t15?,22-/m1/s1. The van der Waals surface area contributed by atoms with Crippen LogP contribution in [0.3, 0.4) is 0 Å². The molecule has 3 rings (SSSR count). The zero-order valence-corrected chi connectivity index (χ0v) is 18.3. The molecule has 0 amide bonds. The van der Waals surface area contributed by atoms with Gasteiger partial charge in [0.1, 0.15) is 10.8 Å². The molecule has 1 aliphatic rings. The molecule has 8 heteroatoms. The Bertz CT molecular complexity index is 870. The molecule has 2 atom stereocenters. The van der Waals surface area contributed by atoms with E-state index in [-0.39, 0.29) is 11.7 Å². The fraction of sp³-hybridized carbons (Fsp3) is 0.545. The molecular weight excluding hydrogens is 410 g/mol. The van der Waals surface area contributed by atoms with Crippen molar-refractivity contribution < 1.29 is 23.4 Å². The lowest BCUT2D eigenvalue weighted by Crippen LogP contribution is -2.50. The van der Waals surface area contributed by atoms with E-state index in [1.165, 1.54) is 17.4 Å². The number of benzene rings is 1. The van der Waals surface area contributed by atoms with E-state index in [2.05, 4.69) is 35.4 Å². The fourth-order valence-corrected chi connectivity index (χ4v) is 5.57. The van der Waals surface area contributed by atoms with Crippen LogP contribution in [0.4, 0.5) is 8.78 Å². The zero-order valence-electron chi connectivity index (χ0n) is 17.5. The first kappa shape index (κ1) is 22.6. The van der Waals surface area contributed by atoms with E-state index in [1.807, 2.05) is 0 Å². The summed E-state index contributed by atoms with van der Waals surface area (Å²) in [7, 11) is 0. The van der Waals surface area contributed by atoms with Crippen molar-refractivity contribution in [1.82, 2.24) is 9.88 Å². The third-order valence-corrected chi connectivity index (χ3v) is 6.37. The largest absolute Gasteiger partial charge is 0.481 e. The van der Waals surface area contributed by atoms with Gasteiger partial charge in [0, 0.05) is 30.7 Å². The van der Waals surface area contributed by atoms with Crippen LogP contribution in [-0.2, 0) is 11.3 Å². The Morgan fingerprint density at radius 3 is 2.80 bits per heavy atom. The maximum absolute atomic E-state index is 12.7. The van der Waals surface area contributed by atoms with Crippen LogP contribution in [-0.4, -0.2) is 40.7 Å². The summed E-state index contributed by atoms with van der Waals surface area (Å²) in [4.78, 5) is 19.7. The number of hydrogen-bond acceptors (Lipinski definition) is 5. The highest BCUT2D eigenvalue weighted by Gasteiger charge is 2.45. The third kappa shape index (κ3) is 5.35. The van der Waals surface area contributed by atoms with E-state index in [0.717, 1.165) is 11.4 Å². The number of halogens is 2. The molecule has 1 aromatic carbocycles. The number of alkyl halides is 2. The Morgan fingerprint density at radius 2 is 2.13 bits per heavy atom. The number of hydrogen-bond donors (Lipinski definition) is 1. The van der Waals surface area contributed by atoms with Crippen molar-refractivity contribution in [3.63, 3.8) is 0 Å². The number of nitrogens with zero attached hydrogens (tertiary/aromatic N) is 2. The summed E-state index contributed by atoms with van der Waals surface area (Å²) in [5.41, 5.74) is -0.211. The first-order valence-electron chi connectivity index (χ1n) is 10.1.